The lowest BCUT2D eigenvalue weighted by Gasteiger charge is -1.86. The van der Waals surface area contributed by atoms with E-state index in [0.29, 0.717) is 0 Å². The molecule has 0 aliphatic carbocycles. The Morgan fingerprint density at radius 2 is 2.10 bits per heavy atom. The van der Waals surface area contributed by atoms with Gasteiger partial charge in [0.15, 0.2) is 0 Å². The summed E-state index contributed by atoms with van der Waals surface area (Å²) in [5.74, 6) is 6.05. The van der Waals surface area contributed by atoms with Gasteiger partial charge < -0.3 is 0 Å². The summed E-state index contributed by atoms with van der Waals surface area (Å²) < 4.78 is 0. The van der Waals surface area contributed by atoms with Crippen molar-refractivity contribution >= 4 is 0 Å². The van der Waals surface area contributed by atoms with Crippen molar-refractivity contribution in [2.45, 2.75) is 39.5 Å². The Morgan fingerprint density at radius 1 is 1.30 bits per heavy atom. The fraction of sp³-hybridized carbons (Fsp3) is 0.600. The van der Waals surface area contributed by atoms with Crippen LogP contribution in [0.3, 0.4) is 0 Å². The zero-order valence-corrected chi connectivity index (χ0v) is 6.98. The summed E-state index contributed by atoms with van der Waals surface area (Å²) in [6.07, 6.45) is 8.76. The Kier molecular flexibility index (Phi) is 7.72. The largest absolute Gasteiger partial charge is 0.0985 e. The molecule has 0 rings (SSSR count). The van der Waals surface area contributed by atoms with Gasteiger partial charge in [-0.1, -0.05) is 37.7 Å². The predicted molar refractivity (Wildman–Crippen MR) is 46.7 cm³/mol. The van der Waals surface area contributed by atoms with E-state index in [1.807, 2.05) is 19.1 Å². The number of allylic oxidation sites excluding steroid dienone is 2. The van der Waals surface area contributed by atoms with Gasteiger partial charge in [-0.15, -0.1) is 0 Å². The topological polar surface area (TPSA) is 0 Å². The average molecular weight is 136 g/mol. The van der Waals surface area contributed by atoms with Gasteiger partial charge in [-0.05, 0) is 19.4 Å². The van der Waals surface area contributed by atoms with E-state index < -0.39 is 0 Å². The minimum absolute atomic E-state index is 1.05. The van der Waals surface area contributed by atoms with Gasteiger partial charge >= 0.3 is 0 Å². The molecule has 0 fully saturated rings. The summed E-state index contributed by atoms with van der Waals surface area (Å²) in [7, 11) is 0. The summed E-state index contributed by atoms with van der Waals surface area (Å²) in [5.41, 5.74) is 0. The number of unbranched alkanes of at least 4 members (excludes halogenated alkanes) is 3. The number of rotatable bonds is 3. The summed E-state index contributed by atoms with van der Waals surface area (Å²) >= 11 is 0. The van der Waals surface area contributed by atoms with Crippen LogP contribution in [0.5, 0.6) is 0 Å². The van der Waals surface area contributed by atoms with Crippen LogP contribution >= 0.6 is 0 Å². The van der Waals surface area contributed by atoms with Crippen molar-refractivity contribution in [3.63, 3.8) is 0 Å². The van der Waals surface area contributed by atoms with Crippen LogP contribution in [0.25, 0.3) is 0 Å². The molecule has 56 valence electrons. The maximum absolute atomic E-state index is 3.08. The van der Waals surface area contributed by atoms with Crippen LogP contribution in [-0.4, -0.2) is 0 Å². The molecule has 0 bridgehead atoms. The molecule has 0 aromatic rings. The lowest BCUT2D eigenvalue weighted by atomic mass is 10.2. The van der Waals surface area contributed by atoms with Gasteiger partial charge in [0.1, 0.15) is 0 Å². The van der Waals surface area contributed by atoms with E-state index >= 15 is 0 Å². The van der Waals surface area contributed by atoms with Crippen molar-refractivity contribution in [2.75, 3.05) is 0 Å². The van der Waals surface area contributed by atoms with Crippen molar-refractivity contribution in [1.29, 1.82) is 0 Å². The van der Waals surface area contributed by atoms with Crippen LogP contribution < -0.4 is 0 Å². The summed E-state index contributed by atoms with van der Waals surface area (Å²) in [4.78, 5) is 0. The Bertz CT molecular complexity index is 132. The highest BCUT2D eigenvalue weighted by Gasteiger charge is 1.78. The molecule has 0 aliphatic heterocycles. The maximum Gasteiger partial charge on any atom is 0.00922 e. The summed E-state index contributed by atoms with van der Waals surface area (Å²) in [5, 5.41) is 0. The molecule has 0 nitrogen and oxygen atoms in total. The van der Waals surface area contributed by atoms with Gasteiger partial charge in [0.25, 0.3) is 0 Å². The lowest BCUT2D eigenvalue weighted by Crippen LogP contribution is -1.69. The van der Waals surface area contributed by atoms with Crippen LogP contribution in [0.4, 0.5) is 0 Å². The summed E-state index contributed by atoms with van der Waals surface area (Å²) in [6, 6.07) is 0. The van der Waals surface area contributed by atoms with Crippen LogP contribution in [0.15, 0.2) is 12.2 Å². The van der Waals surface area contributed by atoms with Gasteiger partial charge in [-0.25, -0.2) is 0 Å². The SMILES string of the molecule is CC=CC#CCCCCC. The molecule has 0 aromatic carbocycles. The van der Waals surface area contributed by atoms with Gasteiger partial charge in [0.2, 0.25) is 0 Å². The van der Waals surface area contributed by atoms with E-state index in [2.05, 4.69) is 18.8 Å². The fourth-order valence-corrected chi connectivity index (χ4v) is 0.678. The second-order valence-corrected chi connectivity index (χ2v) is 2.28. The normalized spacial score (nSPS) is 9.40. The molecule has 0 aliphatic rings. The first-order chi connectivity index (χ1) is 4.91. The average Bonchev–Trinajstić information content (AvgIpc) is 1.97. The van der Waals surface area contributed by atoms with E-state index in [0.717, 1.165) is 6.42 Å². The highest BCUT2D eigenvalue weighted by molar-refractivity contribution is 5.14. The second-order valence-electron chi connectivity index (χ2n) is 2.28. The highest BCUT2D eigenvalue weighted by atomic mass is 13.8. The molecule has 0 unspecified atom stereocenters. The third kappa shape index (κ3) is 7.30. The molecular weight excluding hydrogens is 120 g/mol. The molecule has 0 amide bonds. The van der Waals surface area contributed by atoms with Crippen molar-refractivity contribution in [3.05, 3.63) is 12.2 Å². The van der Waals surface area contributed by atoms with Crippen molar-refractivity contribution in [2.24, 2.45) is 0 Å². The Morgan fingerprint density at radius 3 is 2.70 bits per heavy atom. The minimum Gasteiger partial charge on any atom is -0.0985 e. The Balaban J connectivity index is 3.12. The maximum atomic E-state index is 3.08. The van der Waals surface area contributed by atoms with E-state index in [4.69, 9.17) is 0 Å². The minimum atomic E-state index is 1.05. The second kappa shape index (κ2) is 8.30. The number of hydrogen-bond acceptors (Lipinski definition) is 0. The van der Waals surface area contributed by atoms with Gasteiger partial charge in [0, 0.05) is 6.42 Å². The van der Waals surface area contributed by atoms with E-state index in [1.165, 1.54) is 19.3 Å². The molecule has 0 heteroatoms. The predicted octanol–water partition coefficient (Wildman–Crippen LogP) is 3.15. The van der Waals surface area contributed by atoms with Gasteiger partial charge in [-0.3, -0.25) is 0 Å². The van der Waals surface area contributed by atoms with E-state index in [-0.39, 0.29) is 0 Å². The molecule has 0 radical (unpaired) electrons. The first-order valence-corrected chi connectivity index (χ1v) is 4.01. The van der Waals surface area contributed by atoms with Gasteiger partial charge in [0.05, 0.1) is 0 Å². The molecule has 0 N–H and O–H groups in total. The van der Waals surface area contributed by atoms with Crippen LogP contribution in [0.1, 0.15) is 39.5 Å². The van der Waals surface area contributed by atoms with Gasteiger partial charge in [-0.2, -0.15) is 0 Å². The third-order valence-electron chi connectivity index (χ3n) is 1.26. The molecule has 0 saturated carbocycles. The monoisotopic (exact) mass is 136 g/mol. The summed E-state index contributed by atoms with van der Waals surface area (Å²) in [6.45, 7) is 4.19. The third-order valence-corrected chi connectivity index (χ3v) is 1.26. The zero-order valence-electron chi connectivity index (χ0n) is 6.98. The van der Waals surface area contributed by atoms with Crippen LogP contribution in [0.2, 0.25) is 0 Å². The Hall–Kier alpha value is -0.700. The fourth-order valence-electron chi connectivity index (χ4n) is 0.678. The number of hydrogen-bond donors (Lipinski definition) is 0. The zero-order chi connectivity index (χ0) is 7.66. The smallest absolute Gasteiger partial charge is 0.00922 e. The standard InChI is InChI=1S/C10H16/c1-3-5-7-9-10-8-6-4-2/h3,5H,4,6,8,10H2,1-2H3. The lowest BCUT2D eigenvalue weighted by molar-refractivity contribution is 0.737. The van der Waals surface area contributed by atoms with Crippen LogP contribution in [-0.2, 0) is 0 Å². The molecular formula is C10H16. The van der Waals surface area contributed by atoms with Crippen molar-refractivity contribution in [3.8, 4) is 11.8 Å². The Labute approximate surface area is 64.3 Å². The molecule has 0 atom stereocenters. The molecule has 10 heavy (non-hydrogen) atoms. The van der Waals surface area contributed by atoms with Crippen molar-refractivity contribution in [1.82, 2.24) is 0 Å². The van der Waals surface area contributed by atoms with Crippen molar-refractivity contribution < 1.29 is 0 Å². The molecule has 0 aromatic heterocycles. The van der Waals surface area contributed by atoms with E-state index in [1.54, 1.807) is 0 Å². The first-order valence-electron chi connectivity index (χ1n) is 4.01. The van der Waals surface area contributed by atoms with Crippen LogP contribution in [0, 0.1) is 11.8 Å². The molecule has 0 heterocycles. The highest BCUT2D eigenvalue weighted by Crippen LogP contribution is 1.96. The first kappa shape index (κ1) is 9.30. The quantitative estimate of drug-likeness (QED) is 0.413. The molecule has 0 saturated heterocycles. The molecule has 0 spiro atoms. The van der Waals surface area contributed by atoms with E-state index in [9.17, 15) is 0 Å².